The van der Waals surface area contributed by atoms with E-state index < -0.39 is 37.3 Å². The monoisotopic (exact) mass is 180 g/mol. The first-order chi connectivity index (χ1) is 5.57. The molecule has 1 heterocycles. The van der Waals surface area contributed by atoms with E-state index in [4.69, 9.17) is 25.5 Å². The van der Waals surface area contributed by atoms with E-state index in [1.807, 2.05) is 0 Å². The summed E-state index contributed by atoms with van der Waals surface area (Å²) in [4.78, 5) is 0. The van der Waals surface area contributed by atoms with Crippen molar-refractivity contribution in [2.24, 2.45) is 0 Å². The first kappa shape index (κ1) is 9.85. The highest BCUT2D eigenvalue weighted by Crippen LogP contribution is 2.18. The molecule has 5 N–H and O–H groups in total. The third kappa shape index (κ3) is 1.58. The first-order valence-corrected chi connectivity index (χ1v) is 3.56. The van der Waals surface area contributed by atoms with E-state index in [-0.39, 0.29) is 0 Å². The highest BCUT2D eigenvalue weighted by molar-refractivity contribution is 4.87. The molecule has 0 spiro atoms. The fourth-order valence-corrected chi connectivity index (χ4v) is 1.08. The van der Waals surface area contributed by atoms with Crippen molar-refractivity contribution in [2.45, 2.75) is 30.7 Å². The molecule has 0 aromatic heterocycles. The second-order valence-corrected chi connectivity index (χ2v) is 2.72. The molecule has 1 fully saturated rings. The predicted octanol–water partition coefficient (Wildman–Crippen LogP) is -3.22. The second kappa shape index (κ2) is 3.65. The molecular formula is C6H12O6. The van der Waals surface area contributed by atoms with Crippen LogP contribution in [0.5, 0.6) is 0 Å². The molecule has 5 atom stereocenters. The predicted molar refractivity (Wildman–Crippen MR) is 36.0 cm³/mol. The minimum atomic E-state index is -1.57. The molecule has 12 heavy (non-hydrogen) atoms. The lowest BCUT2D eigenvalue weighted by molar-refractivity contribution is -0.286. The van der Waals surface area contributed by atoms with E-state index in [2.05, 4.69) is 4.74 Å². The molecule has 72 valence electrons. The third-order valence-corrected chi connectivity index (χ3v) is 1.87. The molecule has 0 aromatic carbocycles. The van der Waals surface area contributed by atoms with Gasteiger partial charge in [0.25, 0.3) is 0 Å². The molecule has 0 bridgehead atoms. The topological polar surface area (TPSA) is 110 Å². The largest absolute Gasteiger partial charge is 0.394 e. The third-order valence-electron chi connectivity index (χ3n) is 1.87. The van der Waals surface area contributed by atoms with Gasteiger partial charge in [0.1, 0.15) is 24.4 Å². The lowest BCUT2D eigenvalue weighted by atomic mass is 10.00. The summed E-state index contributed by atoms with van der Waals surface area (Å²) in [5.74, 6) is 0. The number of aliphatic hydroxyl groups excluding tert-OH is 5. The van der Waals surface area contributed by atoms with E-state index in [9.17, 15) is 0 Å². The van der Waals surface area contributed by atoms with Crippen LogP contribution in [0.25, 0.3) is 0 Å². The van der Waals surface area contributed by atoms with Crippen molar-refractivity contribution in [3.05, 3.63) is 0 Å². The van der Waals surface area contributed by atoms with Gasteiger partial charge in [-0.3, -0.25) is 0 Å². The van der Waals surface area contributed by atoms with Gasteiger partial charge in [-0.15, -0.1) is 0 Å². The lowest BCUT2D eigenvalue weighted by Gasteiger charge is -2.37. The fourth-order valence-electron chi connectivity index (χ4n) is 1.08. The Hall–Kier alpha value is -0.240. The molecule has 0 radical (unpaired) electrons. The molecule has 0 saturated carbocycles. The number of rotatable bonds is 1. The van der Waals surface area contributed by atoms with Gasteiger partial charge in [-0.05, 0) is 0 Å². The number of aliphatic hydroxyl groups is 5. The summed E-state index contributed by atoms with van der Waals surface area (Å²) in [6, 6.07) is 0. The number of hydrogen-bond acceptors (Lipinski definition) is 6. The van der Waals surface area contributed by atoms with Gasteiger partial charge in [0.05, 0.1) is 6.61 Å². The van der Waals surface area contributed by atoms with Gasteiger partial charge in [0.2, 0.25) is 0 Å². The highest BCUT2D eigenvalue weighted by atomic mass is 16.6. The maximum Gasteiger partial charge on any atom is 0.184 e. The molecular weight excluding hydrogens is 168 g/mol. The summed E-state index contributed by atoms with van der Waals surface area (Å²) in [5.41, 5.74) is 0. The molecule has 2 unspecified atom stereocenters. The molecule has 1 rings (SSSR count). The maximum absolute atomic E-state index is 9.12. The Morgan fingerprint density at radius 2 is 1.50 bits per heavy atom. The molecule has 0 aromatic rings. The zero-order chi connectivity index (χ0) is 9.30. The van der Waals surface area contributed by atoms with Crippen molar-refractivity contribution in [3.8, 4) is 0 Å². The van der Waals surface area contributed by atoms with Crippen molar-refractivity contribution in [1.82, 2.24) is 0 Å². The van der Waals surface area contributed by atoms with Gasteiger partial charge in [-0.25, -0.2) is 0 Å². The second-order valence-electron chi connectivity index (χ2n) is 2.72. The summed E-state index contributed by atoms with van der Waals surface area (Å²) < 4.78 is 4.58. The van der Waals surface area contributed by atoms with Crippen LogP contribution in [0.15, 0.2) is 0 Å². The summed E-state index contributed by atoms with van der Waals surface area (Å²) in [7, 11) is 0. The van der Waals surface area contributed by atoms with E-state index >= 15 is 0 Å². The molecule has 1 aliphatic heterocycles. The van der Waals surface area contributed by atoms with Crippen LogP contribution in [0, 0.1) is 0 Å². The molecule has 6 nitrogen and oxygen atoms in total. The van der Waals surface area contributed by atoms with Gasteiger partial charge in [0, 0.05) is 0 Å². The average Bonchev–Trinajstić information content (AvgIpc) is 2.08. The Morgan fingerprint density at radius 1 is 0.917 bits per heavy atom. The zero-order valence-electron chi connectivity index (χ0n) is 6.24. The van der Waals surface area contributed by atoms with Crippen LogP contribution in [0.2, 0.25) is 0 Å². The Balaban J connectivity index is 2.63. The molecule has 1 aliphatic rings. The Labute approximate surface area is 68.6 Å². The lowest BCUT2D eigenvalue weighted by Crippen LogP contribution is -2.58. The average molecular weight is 180 g/mol. The fraction of sp³-hybridized carbons (Fsp3) is 1.00. The van der Waals surface area contributed by atoms with Crippen LogP contribution in [0.1, 0.15) is 0 Å². The van der Waals surface area contributed by atoms with Gasteiger partial charge >= 0.3 is 0 Å². The van der Waals surface area contributed by atoms with Gasteiger partial charge in [-0.2, -0.15) is 0 Å². The first-order valence-electron chi connectivity index (χ1n) is 3.56. The van der Waals surface area contributed by atoms with Crippen LogP contribution in [-0.2, 0) is 4.74 Å². The van der Waals surface area contributed by atoms with Crippen LogP contribution in [0.4, 0.5) is 0 Å². The SMILES string of the molecule is OCC1O[C@H](O)C(O)[C@@H](O)[C@H]1O. The van der Waals surface area contributed by atoms with Crippen LogP contribution in [-0.4, -0.2) is 62.8 Å². The maximum atomic E-state index is 9.12. The standard InChI is InChI=1S/C6H12O6/c7-1-2-3(8)4(9)5(10)6(11)12-2/h2-11H,1H2/t2?,3-,4-,5?,6-/m0/s1. The van der Waals surface area contributed by atoms with Crippen molar-refractivity contribution >= 4 is 0 Å². The Morgan fingerprint density at radius 3 is 2.00 bits per heavy atom. The minimum absolute atomic E-state index is 0.526. The summed E-state index contributed by atoms with van der Waals surface area (Å²) >= 11 is 0. The van der Waals surface area contributed by atoms with Crippen molar-refractivity contribution in [3.63, 3.8) is 0 Å². The van der Waals surface area contributed by atoms with Crippen molar-refractivity contribution in [2.75, 3.05) is 6.61 Å². The van der Waals surface area contributed by atoms with E-state index in [0.29, 0.717) is 0 Å². The quantitative estimate of drug-likeness (QED) is 0.290. The summed E-state index contributed by atoms with van der Waals surface area (Å²) in [6.45, 7) is -0.526. The van der Waals surface area contributed by atoms with Crippen LogP contribution < -0.4 is 0 Å². The van der Waals surface area contributed by atoms with E-state index in [1.54, 1.807) is 0 Å². The van der Waals surface area contributed by atoms with Gasteiger partial charge < -0.3 is 30.3 Å². The molecule has 0 amide bonds. The zero-order valence-corrected chi connectivity index (χ0v) is 6.24. The van der Waals surface area contributed by atoms with Crippen molar-refractivity contribution in [1.29, 1.82) is 0 Å². The Kier molecular flexibility index (Phi) is 2.99. The van der Waals surface area contributed by atoms with Crippen molar-refractivity contribution < 1.29 is 30.3 Å². The normalized spacial score (nSPS) is 49.2. The van der Waals surface area contributed by atoms with Crippen LogP contribution in [0.3, 0.4) is 0 Å². The number of ether oxygens (including phenoxy) is 1. The van der Waals surface area contributed by atoms with Gasteiger partial charge in [0.15, 0.2) is 6.29 Å². The minimum Gasteiger partial charge on any atom is -0.394 e. The van der Waals surface area contributed by atoms with Crippen LogP contribution >= 0.6 is 0 Å². The highest BCUT2D eigenvalue weighted by Gasteiger charge is 2.42. The van der Waals surface area contributed by atoms with E-state index in [0.717, 1.165) is 0 Å². The Bertz CT molecular complexity index is 146. The molecule has 0 aliphatic carbocycles. The van der Waals surface area contributed by atoms with E-state index in [1.165, 1.54) is 0 Å². The number of hydrogen-bond donors (Lipinski definition) is 5. The molecule has 6 heteroatoms. The summed E-state index contributed by atoms with van der Waals surface area (Å²) in [6.07, 6.45) is -7.04. The molecule has 1 saturated heterocycles. The smallest absolute Gasteiger partial charge is 0.184 e. The van der Waals surface area contributed by atoms with Gasteiger partial charge in [-0.1, -0.05) is 0 Å². The summed E-state index contributed by atoms with van der Waals surface area (Å²) in [5, 5.41) is 44.7.